The number of piperazine rings is 1. The van der Waals surface area contributed by atoms with Crippen LogP contribution < -0.4 is 4.90 Å². The van der Waals surface area contributed by atoms with Gasteiger partial charge in [0, 0.05) is 56.4 Å². The Morgan fingerprint density at radius 1 is 0.909 bits per heavy atom. The van der Waals surface area contributed by atoms with Crippen molar-refractivity contribution < 1.29 is 19.1 Å². The van der Waals surface area contributed by atoms with E-state index in [2.05, 4.69) is 40.1 Å². The molecule has 3 fully saturated rings. The molecule has 2 aromatic rings. The van der Waals surface area contributed by atoms with Gasteiger partial charge in [-0.3, -0.25) is 4.90 Å². The van der Waals surface area contributed by atoms with Gasteiger partial charge < -0.3 is 19.3 Å². The predicted octanol–water partition coefficient (Wildman–Crippen LogP) is 4.14. The number of carbonyl (C=O) groups is 2. The number of rotatable bonds is 4. The summed E-state index contributed by atoms with van der Waals surface area (Å²) in [6.45, 7) is 5.68. The lowest BCUT2D eigenvalue weighted by atomic mass is 9.78. The van der Waals surface area contributed by atoms with Crippen molar-refractivity contribution in [3.8, 4) is 0 Å². The van der Waals surface area contributed by atoms with Gasteiger partial charge in [0.1, 0.15) is 6.61 Å². The number of nitrogens with zero attached hydrogens (tertiary/aromatic N) is 3. The normalized spacial score (nSPS) is 22.1. The Kier molecular flexibility index (Phi) is 6.22. The van der Waals surface area contributed by atoms with Gasteiger partial charge in [-0.15, -0.1) is 0 Å². The molecule has 174 valence electrons. The van der Waals surface area contributed by atoms with Gasteiger partial charge in [-0.1, -0.05) is 48.5 Å². The van der Waals surface area contributed by atoms with Gasteiger partial charge in [-0.05, 0) is 37.0 Å². The van der Waals surface area contributed by atoms with Crippen LogP contribution in [0.2, 0.25) is 0 Å². The van der Waals surface area contributed by atoms with Crippen LogP contribution >= 0.6 is 0 Å². The topological polar surface area (TPSA) is 62.3 Å². The molecule has 1 saturated carbocycles. The summed E-state index contributed by atoms with van der Waals surface area (Å²) in [5, 5.41) is 0. The summed E-state index contributed by atoms with van der Waals surface area (Å²) in [5.41, 5.74) is 2.33. The molecule has 0 unspecified atom stereocenters. The number of para-hydroxylation sites is 1. The maximum absolute atomic E-state index is 12.3. The van der Waals surface area contributed by atoms with Crippen LogP contribution in [0.1, 0.15) is 24.8 Å². The molecule has 0 bridgehead atoms. The molecule has 1 atom stereocenters. The van der Waals surface area contributed by atoms with Crippen LogP contribution in [0.3, 0.4) is 0 Å². The molecule has 33 heavy (non-hydrogen) atoms. The molecule has 2 aliphatic heterocycles. The van der Waals surface area contributed by atoms with E-state index < -0.39 is 12.2 Å². The van der Waals surface area contributed by atoms with Gasteiger partial charge in [-0.25, -0.2) is 9.59 Å². The summed E-state index contributed by atoms with van der Waals surface area (Å²) in [6.07, 6.45) is 1.87. The highest BCUT2D eigenvalue weighted by molar-refractivity contribution is 5.81. The van der Waals surface area contributed by atoms with Gasteiger partial charge in [0.2, 0.25) is 0 Å². The van der Waals surface area contributed by atoms with Gasteiger partial charge in [0.25, 0.3) is 0 Å². The number of hydrogen-bond donors (Lipinski definition) is 0. The fourth-order valence-corrected chi connectivity index (χ4v) is 5.53. The van der Waals surface area contributed by atoms with Crippen molar-refractivity contribution in [1.82, 2.24) is 9.80 Å². The number of likely N-dealkylation sites (tertiary alicyclic amines) is 1. The summed E-state index contributed by atoms with van der Waals surface area (Å²) in [5.74, 6) is 0. The van der Waals surface area contributed by atoms with Crippen LogP contribution in [0, 0.1) is 5.41 Å². The molecule has 7 nitrogen and oxygen atoms in total. The summed E-state index contributed by atoms with van der Waals surface area (Å²) >= 11 is 0. The number of carbonyl (C=O) groups excluding carboxylic acids is 2. The lowest BCUT2D eigenvalue weighted by Gasteiger charge is -2.48. The second kappa shape index (κ2) is 9.43. The zero-order valence-electron chi connectivity index (χ0n) is 18.9. The van der Waals surface area contributed by atoms with Gasteiger partial charge >= 0.3 is 12.2 Å². The van der Waals surface area contributed by atoms with Crippen LogP contribution in [0.15, 0.2) is 60.7 Å². The number of benzene rings is 2. The number of ether oxygens (including phenoxy) is 2. The molecular formula is C26H31N3O4. The van der Waals surface area contributed by atoms with Crippen molar-refractivity contribution in [1.29, 1.82) is 0 Å². The van der Waals surface area contributed by atoms with Crippen LogP contribution in [-0.4, -0.2) is 67.4 Å². The minimum atomic E-state index is -0.939. The van der Waals surface area contributed by atoms with Crippen molar-refractivity contribution in [2.24, 2.45) is 5.41 Å². The van der Waals surface area contributed by atoms with Crippen molar-refractivity contribution in [3.05, 3.63) is 66.2 Å². The average Bonchev–Trinajstić information content (AvgIpc) is 3.29. The Hall–Kier alpha value is -3.06. The summed E-state index contributed by atoms with van der Waals surface area (Å²) in [7, 11) is 0. The Balaban J connectivity index is 1.03. The Morgan fingerprint density at radius 2 is 1.58 bits per heavy atom. The summed E-state index contributed by atoms with van der Waals surface area (Å²) in [6, 6.07) is 20.5. The van der Waals surface area contributed by atoms with E-state index in [0.717, 1.165) is 44.6 Å². The lowest BCUT2D eigenvalue weighted by molar-refractivity contribution is -0.00645. The molecule has 2 saturated heterocycles. The molecule has 1 spiro atoms. The first-order chi connectivity index (χ1) is 16.1. The van der Waals surface area contributed by atoms with E-state index in [1.54, 1.807) is 4.90 Å². The van der Waals surface area contributed by atoms with Gasteiger partial charge in [0.15, 0.2) is 0 Å². The molecular weight excluding hydrogens is 418 g/mol. The SMILES string of the molecule is O=C(OCc1ccccc1)OC(=O)N1CC2(CC[C@@H](N3CCN(c4ccccc4)CC3)C2)C1. The molecule has 7 heteroatoms. The monoisotopic (exact) mass is 449 g/mol. The van der Waals surface area contributed by atoms with E-state index >= 15 is 0 Å². The first-order valence-electron chi connectivity index (χ1n) is 11.8. The average molecular weight is 450 g/mol. The maximum atomic E-state index is 12.3. The molecule has 2 aromatic carbocycles. The fourth-order valence-electron chi connectivity index (χ4n) is 5.53. The van der Waals surface area contributed by atoms with E-state index in [1.165, 1.54) is 12.1 Å². The molecule has 3 aliphatic rings. The predicted molar refractivity (Wildman–Crippen MR) is 125 cm³/mol. The third kappa shape index (κ3) is 4.98. The van der Waals surface area contributed by atoms with Crippen LogP contribution in [0.4, 0.5) is 15.3 Å². The standard InChI is InChI=1S/C26H31N3O4/c30-24(33-25(31)32-18-21-7-3-1-4-8-21)29-19-26(20-29)12-11-23(17-26)28-15-13-27(14-16-28)22-9-5-2-6-10-22/h1-10,23H,11-20H2/t23-/m1/s1. The lowest BCUT2D eigenvalue weighted by Crippen LogP contribution is -2.58. The van der Waals surface area contributed by atoms with Crippen molar-refractivity contribution in [3.63, 3.8) is 0 Å². The van der Waals surface area contributed by atoms with Crippen LogP contribution in [-0.2, 0) is 16.1 Å². The van der Waals surface area contributed by atoms with E-state index in [4.69, 9.17) is 9.47 Å². The zero-order valence-corrected chi connectivity index (χ0v) is 18.9. The highest BCUT2D eigenvalue weighted by Crippen LogP contribution is 2.47. The Morgan fingerprint density at radius 3 is 2.27 bits per heavy atom. The molecule has 5 rings (SSSR count). The highest BCUT2D eigenvalue weighted by Gasteiger charge is 2.51. The number of amides is 1. The second-order valence-electron chi connectivity index (χ2n) is 9.50. The first kappa shape index (κ1) is 21.8. The highest BCUT2D eigenvalue weighted by atomic mass is 16.7. The molecule has 1 amide bonds. The first-order valence-corrected chi connectivity index (χ1v) is 11.8. The largest absolute Gasteiger partial charge is 0.517 e. The van der Waals surface area contributed by atoms with Gasteiger partial charge in [-0.2, -0.15) is 0 Å². The molecule has 0 N–H and O–H groups in total. The quantitative estimate of drug-likeness (QED) is 0.517. The smallest absolute Gasteiger partial charge is 0.429 e. The third-order valence-electron chi connectivity index (χ3n) is 7.31. The fraction of sp³-hybridized carbons (Fsp3) is 0.462. The maximum Gasteiger partial charge on any atom is 0.517 e. The molecule has 2 heterocycles. The molecule has 0 aromatic heterocycles. The van der Waals surface area contributed by atoms with E-state index in [-0.39, 0.29) is 12.0 Å². The van der Waals surface area contributed by atoms with Gasteiger partial charge in [0.05, 0.1) is 0 Å². The molecule has 1 aliphatic carbocycles. The second-order valence-corrected chi connectivity index (χ2v) is 9.50. The Bertz CT molecular complexity index is 954. The molecule has 0 radical (unpaired) electrons. The van der Waals surface area contributed by atoms with E-state index in [0.29, 0.717) is 19.1 Å². The third-order valence-corrected chi connectivity index (χ3v) is 7.31. The van der Waals surface area contributed by atoms with Crippen LogP contribution in [0.5, 0.6) is 0 Å². The van der Waals surface area contributed by atoms with Crippen LogP contribution in [0.25, 0.3) is 0 Å². The van der Waals surface area contributed by atoms with Crippen molar-refractivity contribution >= 4 is 17.9 Å². The number of anilines is 1. The van der Waals surface area contributed by atoms with Crippen molar-refractivity contribution in [2.45, 2.75) is 31.9 Å². The minimum absolute atomic E-state index is 0.0934. The Labute approximate surface area is 194 Å². The summed E-state index contributed by atoms with van der Waals surface area (Å²) in [4.78, 5) is 30.9. The zero-order chi connectivity index (χ0) is 22.7. The minimum Gasteiger partial charge on any atom is -0.429 e. The van der Waals surface area contributed by atoms with Crippen molar-refractivity contribution in [2.75, 3.05) is 44.2 Å². The van der Waals surface area contributed by atoms with E-state index in [9.17, 15) is 9.59 Å². The van der Waals surface area contributed by atoms with E-state index in [1.807, 2.05) is 30.3 Å². The number of hydrogen-bond acceptors (Lipinski definition) is 6. The summed E-state index contributed by atoms with van der Waals surface area (Å²) < 4.78 is 9.94.